The Labute approximate surface area is 111 Å². The first-order chi connectivity index (χ1) is 9.23. The number of nitro benzene ring substituents is 1. The van der Waals surface area contributed by atoms with Gasteiger partial charge >= 0.3 is 5.97 Å². The van der Waals surface area contributed by atoms with E-state index < -0.39 is 45.6 Å². The van der Waals surface area contributed by atoms with E-state index in [1.165, 1.54) is 6.92 Å². The molecule has 0 heterocycles. The van der Waals surface area contributed by atoms with E-state index in [0.29, 0.717) is 12.1 Å². The van der Waals surface area contributed by atoms with E-state index in [0.717, 1.165) is 0 Å². The van der Waals surface area contributed by atoms with Crippen LogP contribution in [0.2, 0.25) is 0 Å². The van der Waals surface area contributed by atoms with Gasteiger partial charge < -0.3 is 10.4 Å². The van der Waals surface area contributed by atoms with Crippen molar-refractivity contribution in [1.82, 2.24) is 5.32 Å². The molecule has 0 aliphatic carbocycles. The predicted octanol–water partition coefficient (Wildman–Crippen LogP) is 1.32. The molecule has 9 heteroatoms. The van der Waals surface area contributed by atoms with Crippen LogP contribution in [-0.4, -0.2) is 28.5 Å². The maximum atomic E-state index is 13.0. The highest BCUT2D eigenvalue weighted by atomic mass is 19.2. The monoisotopic (exact) mass is 288 g/mol. The van der Waals surface area contributed by atoms with E-state index in [9.17, 15) is 28.5 Å². The lowest BCUT2D eigenvalue weighted by Crippen LogP contribution is -2.32. The molecule has 7 nitrogen and oxygen atoms in total. The molecule has 0 radical (unpaired) electrons. The van der Waals surface area contributed by atoms with Gasteiger partial charge in [0.15, 0.2) is 11.6 Å². The standard InChI is InChI=1S/C11H10F2N2O5/c1-5(11(17)18)4-14-10(16)6-2-7(12)8(13)3-9(6)15(19)20/h2-3,5H,4H2,1H3,(H,14,16)(H,17,18). The minimum Gasteiger partial charge on any atom is -0.481 e. The van der Waals surface area contributed by atoms with Gasteiger partial charge in [0.2, 0.25) is 0 Å². The maximum Gasteiger partial charge on any atom is 0.308 e. The summed E-state index contributed by atoms with van der Waals surface area (Å²) in [6.07, 6.45) is 0. The number of carbonyl (C=O) groups excluding carboxylic acids is 1. The molecule has 108 valence electrons. The second-order valence-corrected chi connectivity index (χ2v) is 3.99. The molecule has 0 fully saturated rings. The number of aliphatic carboxylic acids is 1. The van der Waals surface area contributed by atoms with Crippen molar-refractivity contribution < 1.29 is 28.4 Å². The molecule has 0 aromatic heterocycles. The van der Waals surface area contributed by atoms with Crippen LogP contribution in [0, 0.1) is 27.7 Å². The smallest absolute Gasteiger partial charge is 0.308 e. The highest BCUT2D eigenvalue weighted by Gasteiger charge is 2.24. The van der Waals surface area contributed by atoms with Crippen LogP contribution >= 0.6 is 0 Å². The first-order valence-electron chi connectivity index (χ1n) is 5.38. The molecule has 20 heavy (non-hydrogen) atoms. The molecule has 1 aromatic carbocycles. The molecule has 0 aliphatic rings. The van der Waals surface area contributed by atoms with Gasteiger partial charge in [-0.1, -0.05) is 6.92 Å². The van der Waals surface area contributed by atoms with Gasteiger partial charge in [0.25, 0.3) is 11.6 Å². The fourth-order valence-corrected chi connectivity index (χ4v) is 1.30. The van der Waals surface area contributed by atoms with E-state index in [-0.39, 0.29) is 6.54 Å². The van der Waals surface area contributed by atoms with Crippen molar-refractivity contribution in [2.75, 3.05) is 6.54 Å². The van der Waals surface area contributed by atoms with Crippen LogP contribution in [-0.2, 0) is 4.79 Å². The zero-order valence-electron chi connectivity index (χ0n) is 10.2. The van der Waals surface area contributed by atoms with Gasteiger partial charge in [-0.15, -0.1) is 0 Å². The highest BCUT2D eigenvalue weighted by molar-refractivity contribution is 5.98. The van der Waals surface area contributed by atoms with E-state index >= 15 is 0 Å². The lowest BCUT2D eigenvalue weighted by molar-refractivity contribution is -0.385. The Morgan fingerprint density at radius 1 is 1.40 bits per heavy atom. The average Bonchev–Trinajstić information content (AvgIpc) is 2.37. The number of carboxylic acids is 1. The Morgan fingerprint density at radius 2 is 1.95 bits per heavy atom. The Morgan fingerprint density at radius 3 is 2.45 bits per heavy atom. The number of benzene rings is 1. The van der Waals surface area contributed by atoms with Crippen molar-refractivity contribution in [1.29, 1.82) is 0 Å². The van der Waals surface area contributed by atoms with Crippen molar-refractivity contribution in [3.63, 3.8) is 0 Å². The van der Waals surface area contributed by atoms with Crippen LogP contribution < -0.4 is 5.32 Å². The summed E-state index contributed by atoms with van der Waals surface area (Å²) in [5.74, 6) is -6.02. The van der Waals surface area contributed by atoms with Crippen molar-refractivity contribution in [2.24, 2.45) is 5.92 Å². The second kappa shape index (κ2) is 6.04. The minimum atomic E-state index is -1.45. The van der Waals surface area contributed by atoms with E-state index in [1.807, 2.05) is 0 Å². The van der Waals surface area contributed by atoms with Gasteiger partial charge in [-0.2, -0.15) is 0 Å². The molecule has 1 amide bonds. The number of nitrogens with one attached hydrogen (secondary N) is 1. The number of carbonyl (C=O) groups is 2. The Balaban J connectivity index is 3.00. The Kier molecular flexibility index (Phi) is 4.68. The summed E-state index contributed by atoms with van der Waals surface area (Å²) in [7, 11) is 0. The molecular formula is C11H10F2N2O5. The zero-order valence-corrected chi connectivity index (χ0v) is 10.2. The largest absolute Gasteiger partial charge is 0.481 e. The number of nitrogens with zero attached hydrogens (tertiary/aromatic N) is 1. The van der Waals surface area contributed by atoms with Crippen LogP contribution in [0.4, 0.5) is 14.5 Å². The summed E-state index contributed by atoms with van der Waals surface area (Å²) in [5, 5.41) is 21.4. The van der Waals surface area contributed by atoms with Gasteiger partial charge in [0.05, 0.1) is 16.9 Å². The summed E-state index contributed by atoms with van der Waals surface area (Å²) in [4.78, 5) is 31.9. The maximum absolute atomic E-state index is 13.0. The van der Waals surface area contributed by atoms with E-state index in [1.54, 1.807) is 0 Å². The van der Waals surface area contributed by atoms with Gasteiger partial charge in [0, 0.05) is 6.54 Å². The number of halogens is 2. The van der Waals surface area contributed by atoms with E-state index in [2.05, 4.69) is 5.32 Å². The van der Waals surface area contributed by atoms with Crippen LogP contribution in [0.5, 0.6) is 0 Å². The van der Waals surface area contributed by atoms with Crippen LogP contribution in [0.15, 0.2) is 12.1 Å². The van der Waals surface area contributed by atoms with E-state index in [4.69, 9.17) is 5.11 Å². The molecule has 0 aliphatic heterocycles. The minimum absolute atomic E-state index is 0.296. The van der Waals surface area contributed by atoms with Crippen LogP contribution in [0.1, 0.15) is 17.3 Å². The SMILES string of the molecule is CC(CNC(=O)c1cc(F)c(F)cc1[N+](=O)[O-])C(=O)O. The van der Waals surface area contributed by atoms with Crippen LogP contribution in [0.3, 0.4) is 0 Å². The molecule has 0 spiro atoms. The first kappa shape index (κ1) is 15.5. The number of nitro groups is 1. The number of hydrogen-bond acceptors (Lipinski definition) is 4. The lowest BCUT2D eigenvalue weighted by atomic mass is 10.1. The Bertz CT molecular complexity index is 576. The third-order valence-electron chi connectivity index (χ3n) is 2.47. The molecule has 1 aromatic rings. The third-order valence-corrected chi connectivity index (χ3v) is 2.47. The van der Waals surface area contributed by atoms with Gasteiger partial charge in [-0.3, -0.25) is 19.7 Å². The van der Waals surface area contributed by atoms with Crippen LogP contribution in [0.25, 0.3) is 0 Å². The van der Waals surface area contributed by atoms with Gasteiger partial charge in [-0.05, 0) is 6.07 Å². The van der Waals surface area contributed by atoms with Crippen molar-refractivity contribution in [3.05, 3.63) is 39.4 Å². The van der Waals surface area contributed by atoms with Crippen molar-refractivity contribution in [3.8, 4) is 0 Å². The quantitative estimate of drug-likeness (QED) is 0.627. The van der Waals surface area contributed by atoms with Gasteiger partial charge in [0.1, 0.15) is 5.56 Å². The second-order valence-electron chi connectivity index (χ2n) is 3.99. The number of hydrogen-bond donors (Lipinski definition) is 2. The zero-order chi connectivity index (χ0) is 15.4. The van der Waals surface area contributed by atoms with Crippen molar-refractivity contribution in [2.45, 2.75) is 6.92 Å². The summed E-state index contributed by atoms with van der Waals surface area (Å²) < 4.78 is 26.0. The average molecular weight is 288 g/mol. The number of carboxylic acid groups (broad SMARTS) is 1. The molecule has 0 saturated carbocycles. The summed E-state index contributed by atoms with van der Waals surface area (Å²) >= 11 is 0. The number of amides is 1. The third kappa shape index (κ3) is 3.46. The summed E-state index contributed by atoms with van der Waals surface area (Å²) in [5.41, 5.74) is -1.57. The molecule has 0 saturated heterocycles. The Hall–Kier alpha value is -2.58. The fraction of sp³-hybridized carbons (Fsp3) is 0.273. The molecule has 1 atom stereocenters. The van der Waals surface area contributed by atoms with Crippen molar-refractivity contribution >= 4 is 17.6 Å². The predicted molar refractivity (Wildman–Crippen MR) is 62.1 cm³/mol. The van der Waals surface area contributed by atoms with Gasteiger partial charge in [-0.25, -0.2) is 8.78 Å². The number of rotatable bonds is 5. The molecular weight excluding hydrogens is 278 g/mol. The molecule has 0 bridgehead atoms. The summed E-state index contributed by atoms with van der Waals surface area (Å²) in [6.45, 7) is 1.01. The molecule has 1 unspecified atom stereocenters. The fourth-order valence-electron chi connectivity index (χ4n) is 1.30. The normalized spacial score (nSPS) is 11.8. The summed E-state index contributed by atoms with van der Waals surface area (Å²) in [6, 6.07) is 0.694. The topological polar surface area (TPSA) is 110 Å². The first-order valence-corrected chi connectivity index (χ1v) is 5.38. The molecule has 2 N–H and O–H groups in total. The lowest BCUT2D eigenvalue weighted by Gasteiger charge is -2.09. The highest BCUT2D eigenvalue weighted by Crippen LogP contribution is 2.22. The molecule has 1 rings (SSSR count).